The predicted molar refractivity (Wildman–Crippen MR) is 167 cm³/mol. The molecule has 0 unspecified atom stereocenters. The minimum absolute atomic E-state index is 0.0463. The standard InChI is InChI=1S/C34H34F3N3O4S/c1-3-38-33(42)31(21-26-11-6-4-7-12-26)39(23-27-13-8-5-9-14-27)32(41)24-40(29-16-10-15-28(22-29)34(35,36)37)45(43,44)30-19-17-25(2)18-20-30/h4-20,22,31H,3,21,23-24H2,1-2H3,(H,38,42)/t31-/m1/s1. The Morgan fingerprint density at radius 3 is 2.00 bits per heavy atom. The summed E-state index contributed by atoms with van der Waals surface area (Å²) >= 11 is 0. The van der Waals surface area contributed by atoms with Gasteiger partial charge in [-0.1, -0.05) is 84.4 Å². The first-order valence-corrected chi connectivity index (χ1v) is 15.8. The molecule has 0 aliphatic rings. The molecular formula is C34H34F3N3O4S. The average molecular weight is 638 g/mol. The van der Waals surface area contributed by atoms with Crippen LogP contribution in [-0.4, -0.2) is 44.3 Å². The van der Waals surface area contributed by atoms with Crippen molar-refractivity contribution in [3.63, 3.8) is 0 Å². The van der Waals surface area contributed by atoms with Gasteiger partial charge >= 0.3 is 6.18 Å². The van der Waals surface area contributed by atoms with Crippen LogP contribution in [0.15, 0.2) is 114 Å². The Kier molecular flexibility index (Phi) is 10.7. The highest BCUT2D eigenvalue weighted by atomic mass is 32.2. The quantitative estimate of drug-likeness (QED) is 0.207. The third kappa shape index (κ3) is 8.51. The molecule has 1 N–H and O–H groups in total. The molecule has 0 aromatic heterocycles. The molecule has 0 aliphatic heterocycles. The molecule has 0 heterocycles. The summed E-state index contributed by atoms with van der Waals surface area (Å²) in [5, 5.41) is 2.77. The van der Waals surface area contributed by atoms with E-state index in [0.29, 0.717) is 15.9 Å². The van der Waals surface area contributed by atoms with Gasteiger partial charge in [0.25, 0.3) is 10.0 Å². The number of anilines is 1. The van der Waals surface area contributed by atoms with E-state index in [1.807, 2.05) is 18.2 Å². The molecule has 4 rings (SSSR count). The van der Waals surface area contributed by atoms with E-state index in [0.717, 1.165) is 23.3 Å². The van der Waals surface area contributed by atoms with Crippen molar-refractivity contribution >= 4 is 27.5 Å². The molecule has 0 spiro atoms. The van der Waals surface area contributed by atoms with Gasteiger partial charge in [-0.25, -0.2) is 8.42 Å². The summed E-state index contributed by atoms with van der Waals surface area (Å²) in [5.41, 5.74) is 0.815. The number of hydrogen-bond donors (Lipinski definition) is 1. The molecule has 0 fully saturated rings. The highest BCUT2D eigenvalue weighted by molar-refractivity contribution is 7.92. The van der Waals surface area contributed by atoms with Crippen LogP contribution in [0.2, 0.25) is 0 Å². The minimum Gasteiger partial charge on any atom is -0.355 e. The molecule has 0 bridgehead atoms. The predicted octanol–water partition coefficient (Wildman–Crippen LogP) is 5.99. The molecule has 11 heteroatoms. The molecule has 4 aromatic rings. The van der Waals surface area contributed by atoms with Gasteiger partial charge < -0.3 is 10.2 Å². The molecule has 0 radical (unpaired) electrons. The van der Waals surface area contributed by atoms with Crippen LogP contribution in [0.4, 0.5) is 18.9 Å². The fourth-order valence-electron chi connectivity index (χ4n) is 4.83. The number of aryl methyl sites for hydroxylation is 1. The number of nitrogens with one attached hydrogen (secondary N) is 1. The zero-order chi connectivity index (χ0) is 32.6. The van der Waals surface area contributed by atoms with Crippen molar-refractivity contribution in [3.05, 3.63) is 131 Å². The Hall–Kier alpha value is -4.64. The van der Waals surface area contributed by atoms with E-state index in [1.165, 1.54) is 23.1 Å². The van der Waals surface area contributed by atoms with Crippen molar-refractivity contribution in [2.45, 2.75) is 43.9 Å². The van der Waals surface area contributed by atoms with Crippen molar-refractivity contribution in [2.24, 2.45) is 0 Å². The van der Waals surface area contributed by atoms with Crippen LogP contribution >= 0.6 is 0 Å². The maximum absolute atomic E-state index is 14.3. The Labute approximate surface area is 261 Å². The maximum Gasteiger partial charge on any atom is 0.416 e. The summed E-state index contributed by atoms with van der Waals surface area (Å²) in [6, 6.07) is 26.5. The lowest BCUT2D eigenvalue weighted by molar-refractivity contribution is -0.140. The normalized spacial score (nSPS) is 12.3. The van der Waals surface area contributed by atoms with E-state index in [-0.39, 0.29) is 30.1 Å². The van der Waals surface area contributed by atoms with Gasteiger partial charge in [0.15, 0.2) is 0 Å². The highest BCUT2D eigenvalue weighted by Gasteiger charge is 2.36. The van der Waals surface area contributed by atoms with Crippen molar-refractivity contribution in [1.29, 1.82) is 0 Å². The number of halogens is 3. The summed E-state index contributed by atoms with van der Waals surface area (Å²) in [6.07, 6.45) is -4.63. The SMILES string of the molecule is CCNC(=O)[C@@H](Cc1ccccc1)N(Cc1ccccc1)C(=O)CN(c1cccc(C(F)(F)F)c1)S(=O)(=O)c1ccc(C)cc1. The first-order chi connectivity index (χ1) is 21.4. The summed E-state index contributed by atoms with van der Waals surface area (Å²) < 4.78 is 69.8. The number of rotatable bonds is 12. The number of benzene rings is 4. The number of carbonyl (C=O) groups excluding carboxylic acids is 2. The third-order valence-corrected chi connectivity index (χ3v) is 8.96. The second kappa shape index (κ2) is 14.4. The van der Waals surface area contributed by atoms with E-state index in [2.05, 4.69) is 5.32 Å². The van der Waals surface area contributed by atoms with Crippen molar-refractivity contribution in [2.75, 3.05) is 17.4 Å². The van der Waals surface area contributed by atoms with Gasteiger partial charge in [-0.15, -0.1) is 0 Å². The Balaban J connectivity index is 1.82. The number of carbonyl (C=O) groups is 2. The number of sulfonamides is 1. The minimum atomic E-state index is -4.75. The second-order valence-corrected chi connectivity index (χ2v) is 12.3. The molecule has 7 nitrogen and oxygen atoms in total. The van der Waals surface area contributed by atoms with Crippen LogP contribution in [0.5, 0.6) is 0 Å². The molecule has 1 atom stereocenters. The number of hydrogen-bond acceptors (Lipinski definition) is 4. The zero-order valence-corrected chi connectivity index (χ0v) is 25.7. The second-order valence-electron chi connectivity index (χ2n) is 10.5. The molecular weight excluding hydrogens is 603 g/mol. The number of alkyl halides is 3. The summed E-state index contributed by atoms with van der Waals surface area (Å²) in [5.74, 6) is -1.21. The summed E-state index contributed by atoms with van der Waals surface area (Å²) in [6.45, 7) is 2.89. The van der Waals surface area contributed by atoms with E-state index in [1.54, 1.807) is 68.4 Å². The van der Waals surface area contributed by atoms with Crippen LogP contribution in [0.3, 0.4) is 0 Å². The number of amides is 2. The maximum atomic E-state index is 14.3. The lowest BCUT2D eigenvalue weighted by Crippen LogP contribution is -2.53. The Morgan fingerprint density at radius 2 is 1.42 bits per heavy atom. The fourth-order valence-corrected chi connectivity index (χ4v) is 6.24. The average Bonchev–Trinajstić information content (AvgIpc) is 3.02. The topological polar surface area (TPSA) is 86.8 Å². The Morgan fingerprint density at radius 1 is 0.822 bits per heavy atom. The van der Waals surface area contributed by atoms with Gasteiger partial charge in [-0.3, -0.25) is 13.9 Å². The van der Waals surface area contributed by atoms with E-state index >= 15 is 0 Å². The molecule has 45 heavy (non-hydrogen) atoms. The molecule has 0 saturated heterocycles. The van der Waals surface area contributed by atoms with Crippen molar-refractivity contribution < 1.29 is 31.2 Å². The molecule has 0 aliphatic carbocycles. The number of likely N-dealkylation sites (N-methyl/N-ethyl adjacent to an activating group) is 1. The van der Waals surface area contributed by atoms with E-state index in [4.69, 9.17) is 0 Å². The highest BCUT2D eigenvalue weighted by Crippen LogP contribution is 2.33. The molecule has 2 amide bonds. The zero-order valence-electron chi connectivity index (χ0n) is 24.9. The van der Waals surface area contributed by atoms with Crippen LogP contribution < -0.4 is 9.62 Å². The van der Waals surface area contributed by atoms with Crippen LogP contribution in [0, 0.1) is 6.92 Å². The third-order valence-electron chi connectivity index (χ3n) is 7.17. The molecule has 0 saturated carbocycles. The van der Waals surface area contributed by atoms with Crippen LogP contribution in [0.25, 0.3) is 0 Å². The fraction of sp³-hybridized carbons (Fsp3) is 0.235. The summed E-state index contributed by atoms with van der Waals surface area (Å²) in [4.78, 5) is 28.9. The first kappa shape index (κ1) is 33.3. The van der Waals surface area contributed by atoms with Gasteiger partial charge in [0.1, 0.15) is 12.6 Å². The van der Waals surface area contributed by atoms with Crippen molar-refractivity contribution in [3.8, 4) is 0 Å². The lowest BCUT2D eigenvalue weighted by Gasteiger charge is -2.34. The smallest absolute Gasteiger partial charge is 0.355 e. The lowest BCUT2D eigenvalue weighted by atomic mass is 10.0. The van der Waals surface area contributed by atoms with E-state index < -0.39 is 46.2 Å². The van der Waals surface area contributed by atoms with Crippen LogP contribution in [0.1, 0.15) is 29.2 Å². The monoisotopic (exact) mass is 637 g/mol. The summed E-state index contributed by atoms with van der Waals surface area (Å²) in [7, 11) is -4.53. The van der Waals surface area contributed by atoms with Gasteiger partial charge in [-0.2, -0.15) is 13.2 Å². The van der Waals surface area contributed by atoms with Gasteiger partial charge in [0.2, 0.25) is 11.8 Å². The number of nitrogens with zero attached hydrogens (tertiary/aromatic N) is 2. The van der Waals surface area contributed by atoms with Gasteiger partial charge in [-0.05, 0) is 55.3 Å². The van der Waals surface area contributed by atoms with E-state index in [9.17, 15) is 31.2 Å². The molecule has 236 valence electrons. The van der Waals surface area contributed by atoms with Gasteiger partial charge in [0.05, 0.1) is 16.1 Å². The largest absolute Gasteiger partial charge is 0.416 e. The van der Waals surface area contributed by atoms with Gasteiger partial charge in [0, 0.05) is 19.5 Å². The molecule has 4 aromatic carbocycles. The first-order valence-electron chi connectivity index (χ1n) is 14.3. The Bertz CT molecular complexity index is 1700. The van der Waals surface area contributed by atoms with Crippen LogP contribution in [-0.2, 0) is 38.8 Å². The van der Waals surface area contributed by atoms with Crippen molar-refractivity contribution in [1.82, 2.24) is 10.2 Å².